The highest BCUT2D eigenvalue weighted by atomic mass is 79.9. The molecule has 5 radical (unpaired) electrons. The third-order valence-corrected chi connectivity index (χ3v) is 3.97. The van der Waals surface area contributed by atoms with Gasteiger partial charge in [-0.15, -0.1) is 0 Å². The molecule has 0 aliphatic heterocycles. The van der Waals surface area contributed by atoms with Gasteiger partial charge in [0.1, 0.15) is 0 Å². The summed E-state index contributed by atoms with van der Waals surface area (Å²) >= 11 is 3.67. The van der Waals surface area contributed by atoms with Crippen LogP contribution in [-0.2, 0) is 0 Å². The van der Waals surface area contributed by atoms with Crippen molar-refractivity contribution >= 4 is 15.9 Å². The molecule has 2 heteroatoms. The average molecular weight is 275 g/mol. The van der Waals surface area contributed by atoms with Gasteiger partial charge in [-0.2, -0.15) is 0 Å². The van der Waals surface area contributed by atoms with E-state index in [-0.39, 0.29) is 0 Å². The third kappa shape index (κ3) is 1.39. The summed E-state index contributed by atoms with van der Waals surface area (Å²) in [4.78, 5) is 2.27. The van der Waals surface area contributed by atoms with Crippen molar-refractivity contribution in [2.45, 2.75) is 6.04 Å². The molecule has 0 N–H and O–H groups in total. The Morgan fingerprint density at radius 2 is 2.00 bits per heavy atom. The molecule has 0 spiro atoms. The maximum absolute atomic E-state index is 3.67. The fourth-order valence-electron chi connectivity index (χ4n) is 2.66. The smallest absolute Gasteiger partial charge is 0.0430 e. The maximum Gasteiger partial charge on any atom is 0.0430 e. The summed E-state index contributed by atoms with van der Waals surface area (Å²) in [5.74, 6) is 2.81. The van der Waals surface area contributed by atoms with Crippen molar-refractivity contribution in [2.75, 3.05) is 14.1 Å². The van der Waals surface area contributed by atoms with E-state index >= 15 is 0 Å². The predicted molar refractivity (Wildman–Crippen MR) is 69.1 cm³/mol. The molecule has 0 bridgehead atoms. The van der Waals surface area contributed by atoms with Crippen LogP contribution >= 0.6 is 15.9 Å². The molecule has 1 nitrogen and oxygen atoms in total. The number of fused-ring (bicyclic) bond motifs is 3. The van der Waals surface area contributed by atoms with E-state index in [1.807, 2.05) is 0 Å². The molecule has 0 aromatic heterocycles. The number of rotatable bonds is 1. The van der Waals surface area contributed by atoms with Crippen LogP contribution in [0.3, 0.4) is 0 Å². The van der Waals surface area contributed by atoms with Crippen LogP contribution in [-0.4, -0.2) is 19.0 Å². The van der Waals surface area contributed by atoms with Gasteiger partial charge < -0.3 is 4.90 Å². The van der Waals surface area contributed by atoms with E-state index in [4.69, 9.17) is 0 Å². The second kappa shape index (κ2) is 3.85. The summed E-state index contributed by atoms with van der Waals surface area (Å²) in [6.07, 6.45) is 6.58. The lowest BCUT2D eigenvalue weighted by molar-refractivity contribution is 0.326. The molecule has 1 aromatic rings. The summed E-state index contributed by atoms with van der Waals surface area (Å²) in [5.41, 5.74) is 2.77. The molecule has 3 rings (SSSR count). The minimum absolute atomic E-state index is 0.385. The molecular weight excluding hydrogens is 262 g/mol. The highest BCUT2D eigenvalue weighted by Gasteiger charge is 2.46. The Hall–Kier alpha value is -0.340. The first-order valence-corrected chi connectivity index (χ1v) is 6.20. The summed E-state index contributed by atoms with van der Waals surface area (Å²) < 4.78 is 1.21. The molecule has 1 aromatic carbocycles. The van der Waals surface area contributed by atoms with Gasteiger partial charge in [-0.3, -0.25) is 0 Å². The second-order valence-electron chi connectivity index (χ2n) is 4.46. The van der Waals surface area contributed by atoms with Gasteiger partial charge in [0.05, 0.1) is 0 Å². The van der Waals surface area contributed by atoms with Gasteiger partial charge in [0.2, 0.25) is 0 Å². The standard InChI is InChI=1S/C14H13BrN/c1-16(2)14-11-7-3-5-9(11)10-6-4-8-12(15)13(10)14/h3-8,14H,1-2H3/t14-/m0/s1. The largest absolute Gasteiger partial charge is 0.302 e. The Balaban J connectivity index is 2.15. The van der Waals surface area contributed by atoms with Crippen LogP contribution in [0.4, 0.5) is 0 Å². The van der Waals surface area contributed by atoms with E-state index in [1.54, 1.807) is 0 Å². The van der Waals surface area contributed by atoms with E-state index in [0.29, 0.717) is 6.04 Å². The summed E-state index contributed by atoms with van der Waals surface area (Å²) in [5, 5.41) is 0. The fourth-order valence-corrected chi connectivity index (χ4v) is 3.24. The van der Waals surface area contributed by atoms with Gasteiger partial charge in [-0.1, -0.05) is 28.1 Å². The highest BCUT2D eigenvalue weighted by Crippen LogP contribution is 2.56. The number of halogens is 1. The Labute approximate surface area is 106 Å². The number of benzene rings is 1. The van der Waals surface area contributed by atoms with Crippen molar-refractivity contribution in [3.8, 4) is 0 Å². The van der Waals surface area contributed by atoms with Crippen LogP contribution < -0.4 is 0 Å². The van der Waals surface area contributed by atoms with Crippen molar-refractivity contribution in [3.05, 3.63) is 64.9 Å². The molecule has 16 heavy (non-hydrogen) atoms. The lowest BCUT2D eigenvalue weighted by Crippen LogP contribution is -2.23. The molecule has 1 atom stereocenters. The molecule has 2 aliphatic rings. The summed E-state index contributed by atoms with van der Waals surface area (Å²) in [7, 11) is 4.27. The summed E-state index contributed by atoms with van der Waals surface area (Å²) in [6, 6.07) is 6.83. The lowest BCUT2D eigenvalue weighted by atomic mass is 9.94. The lowest BCUT2D eigenvalue weighted by Gasteiger charge is -2.26. The van der Waals surface area contributed by atoms with Gasteiger partial charge in [-0.25, -0.2) is 0 Å². The van der Waals surface area contributed by atoms with Crippen molar-refractivity contribution in [1.82, 2.24) is 4.90 Å². The fraction of sp³-hybridized carbons (Fsp3) is 0.214. The van der Waals surface area contributed by atoms with Gasteiger partial charge in [-0.05, 0) is 50.6 Å². The molecular formula is C14H13BrN. The number of nitrogens with zero attached hydrogens (tertiary/aromatic N) is 1. The van der Waals surface area contributed by atoms with Crippen molar-refractivity contribution in [3.63, 3.8) is 0 Å². The first kappa shape index (κ1) is 10.8. The van der Waals surface area contributed by atoms with Gasteiger partial charge in [0.25, 0.3) is 0 Å². The van der Waals surface area contributed by atoms with E-state index < -0.39 is 0 Å². The van der Waals surface area contributed by atoms with Crippen molar-refractivity contribution < 1.29 is 0 Å². The first-order valence-electron chi connectivity index (χ1n) is 5.41. The molecule has 0 unspecified atom stereocenters. The Kier molecular flexibility index (Phi) is 2.60. The Morgan fingerprint density at radius 1 is 1.19 bits per heavy atom. The SMILES string of the molecule is CN(C)[C@H]1[C]2[CH][CH][CH][C]2c2cccc(Br)c21. The minimum Gasteiger partial charge on any atom is -0.302 e. The zero-order valence-electron chi connectivity index (χ0n) is 9.37. The highest BCUT2D eigenvalue weighted by molar-refractivity contribution is 9.10. The van der Waals surface area contributed by atoms with Gasteiger partial charge >= 0.3 is 0 Å². The summed E-state index contributed by atoms with van der Waals surface area (Å²) in [6.45, 7) is 0. The molecule has 2 aliphatic carbocycles. The van der Waals surface area contributed by atoms with Gasteiger partial charge in [0, 0.05) is 22.4 Å². The van der Waals surface area contributed by atoms with Crippen LogP contribution in [0.5, 0.6) is 0 Å². The van der Waals surface area contributed by atoms with Crippen LogP contribution in [0, 0.1) is 31.1 Å². The Bertz CT molecular complexity index is 413. The minimum atomic E-state index is 0.385. The molecule has 0 saturated heterocycles. The van der Waals surface area contributed by atoms with E-state index in [0.717, 1.165) is 0 Å². The second-order valence-corrected chi connectivity index (χ2v) is 5.32. The van der Waals surface area contributed by atoms with Crippen LogP contribution in [0.25, 0.3) is 0 Å². The van der Waals surface area contributed by atoms with Crippen molar-refractivity contribution in [2.24, 2.45) is 0 Å². The zero-order chi connectivity index (χ0) is 11.3. The molecule has 1 saturated carbocycles. The first-order chi connectivity index (χ1) is 7.70. The van der Waals surface area contributed by atoms with Crippen LogP contribution in [0.15, 0.2) is 22.7 Å². The predicted octanol–water partition coefficient (Wildman–Crippen LogP) is 3.19. The molecule has 81 valence electrons. The average Bonchev–Trinajstić information content (AvgIpc) is 2.77. The molecule has 0 heterocycles. The quantitative estimate of drug-likeness (QED) is 0.760. The topological polar surface area (TPSA) is 3.24 Å². The maximum atomic E-state index is 3.67. The normalized spacial score (nSPS) is 25.1. The molecule has 0 amide bonds. The monoisotopic (exact) mass is 274 g/mol. The van der Waals surface area contributed by atoms with Crippen molar-refractivity contribution in [1.29, 1.82) is 0 Å². The zero-order valence-corrected chi connectivity index (χ0v) is 11.0. The van der Waals surface area contributed by atoms with Crippen LogP contribution in [0.1, 0.15) is 17.2 Å². The van der Waals surface area contributed by atoms with Crippen LogP contribution in [0.2, 0.25) is 0 Å². The number of hydrogen-bond donors (Lipinski definition) is 0. The van der Waals surface area contributed by atoms with E-state index in [9.17, 15) is 0 Å². The number of hydrogen-bond acceptors (Lipinski definition) is 1. The van der Waals surface area contributed by atoms with E-state index in [1.165, 1.54) is 27.4 Å². The van der Waals surface area contributed by atoms with Gasteiger partial charge in [0.15, 0.2) is 0 Å². The Morgan fingerprint density at radius 3 is 2.75 bits per heavy atom. The van der Waals surface area contributed by atoms with E-state index in [2.05, 4.69) is 72.4 Å². The molecule has 1 fully saturated rings. The third-order valence-electron chi connectivity index (χ3n) is 3.28.